The van der Waals surface area contributed by atoms with E-state index in [4.69, 9.17) is 10.5 Å². The van der Waals surface area contributed by atoms with Crippen LogP contribution in [0.4, 0.5) is 0 Å². The van der Waals surface area contributed by atoms with Crippen molar-refractivity contribution in [1.82, 2.24) is 0 Å². The van der Waals surface area contributed by atoms with Crippen molar-refractivity contribution in [2.45, 2.75) is 6.92 Å². The lowest BCUT2D eigenvalue weighted by Crippen LogP contribution is -2.20. The maximum absolute atomic E-state index is 11.1. The van der Waals surface area contributed by atoms with E-state index >= 15 is 0 Å². The van der Waals surface area contributed by atoms with E-state index in [0.717, 1.165) is 0 Å². The predicted molar refractivity (Wildman–Crippen MR) is 61.6 cm³/mol. The van der Waals surface area contributed by atoms with Crippen LogP contribution in [-0.2, 0) is 9.53 Å². The van der Waals surface area contributed by atoms with E-state index in [2.05, 4.69) is 4.74 Å². The van der Waals surface area contributed by atoms with E-state index in [1.807, 2.05) is 0 Å². The maximum Gasteiger partial charge on any atom is 0.311 e. The summed E-state index contributed by atoms with van der Waals surface area (Å²) in [6.07, 6.45) is 0. The number of amides is 1. The number of ether oxygens (including phenoxy) is 2. The van der Waals surface area contributed by atoms with Gasteiger partial charge in [-0.15, -0.1) is 0 Å². The number of carbonyl (C=O) groups is 2. The number of hydrogen-bond acceptors (Lipinski definition) is 4. The molecule has 1 aromatic carbocycles. The topological polar surface area (TPSA) is 78.6 Å². The minimum Gasteiger partial charge on any atom is -0.493 e. The van der Waals surface area contributed by atoms with Crippen molar-refractivity contribution in [1.29, 1.82) is 0 Å². The first-order valence-corrected chi connectivity index (χ1v) is 5.15. The van der Waals surface area contributed by atoms with E-state index in [-0.39, 0.29) is 18.5 Å². The summed E-state index contributed by atoms with van der Waals surface area (Å²) >= 11 is 0. The highest BCUT2D eigenvalue weighted by molar-refractivity contribution is 5.93. The number of rotatable bonds is 5. The summed E-state index contributed by atoms with van der Waals surface area (Å²) in [5.74, 6) is -0.721. The summed E-state index contributed by atoms with van der Waals surface area (Å²) in [5, 5.41) is 0. The molecule has 0 aromatic heterocycles. The van der Waals surface area contributed by atoms with Crippen LogP contribution in [0.5, 0.6) is 5.75 Å². The molecule has 0 radical (unpaired) electrons. The third-order valence-corrected chi connectivity index (χ3v) is 2.22. The predicted octanol–water partition coefficient (Wildman–Crippen LogP) is 0.973. The molecular weight excluding hydrogens is 222 g/mol. The Hall–Kier alpha value is -2.04. The van der Waals surface area contributed by atoms with Gasteiger partial charge in [-0.2, -0.15) is 0 Å². The molecule has 1 amide bonds. The van der Waals surface area contributed by atoms with Crippen molar-refractivity contribution in [3.05, 3.63) is 29.8 Å². The highest BCUT2D eigenvalue weighted by atomic mass is 16.5. The molecule has 0 spiro atoms. The molecule has 1 unspecified atom stereocenters. The molecule has 0 aliphatic carbocycles. The first kappa shape index (κ1) is 13.0. The lowest BCUT2D eigenvalue weighted by atomic mass is 10.2. The smallest absolute Gasteiger partial charge is 0.311 e. The minimum absolute atomic E-state index is 0.189. The second-order valence-electron chi connectivity index (χ2n) is 3.63. The third-order valence-electron chi connectivity index (χ3n) is 2.22. The SMILES string of the molecule is COC(=O)C(C)COc1cccc(C(N)=O)c1. The Morgan fingerprint density at radius 1 is 1.41 bits per heavy atom. The highest BCUT2D eigenvalue weighted by Gasteiger charge is 2.13. The Bertz CT molecular complexity index is 417. The van der Waals surface area contributed by atoms with Gasteiger partial charge >= 0.3 is 5.97 Å². The molecule has 0 heterocycles. The summed E-state index contributed by atoms with van der Waals surface area (Å²) in [5.41, 5.74) is 5.51. The summed E-state index contributed by atoms with van der Waals surface area (Å²) in [7, 11) is 1.33. The lowest BCUT2D eigenvalue weighted by molar-refractivity contribution is -0.145. The molecule has 0 bridgehead atoms. The quantitative estimate of drug-likeness (QED) is 0.774. The van der Waals surface area contributed by atoms with Crippen LogP contribution in [0.1, 0.15) is 17.3 Å². The number of primary amides is 1. The van der Waals surface area contributed by atoms with Gasteiger partial charge in [0.05, 0.1) is 13.0 Å². The van der Waals surface area contributed by atoms with Gasteiger partial charge in [-0.25, -0.2) is 0 Å². The van der Waals surface area contributed by atoms with Crippen LogP contribution in [0.3, 0.4) is 0 Å². The van der Waals surface area contributed by atoms with Crippen LogP contribution < -0.4 is 10.5 Å². The van der Waals surface area contributed by atoms with Crippen molar-refractivity contribution >= 4 is 11.9 Å². The molecule has 5 heteroatoms. The number of carbonyl (C=O) groups excluding carboxylic acids is 2. The molecule has 0 saturated heterocycles. The molecule has 1 atom stereocenters. The Balaban J connectivity index is 2.60. The van der Waals surface area contributed by atoms with Crippen molar-refractivity contribution in [3.63, 3.8) is 0 Å². The normalized spacial score (nSPS) is 11.6. The van der Waals surface area contributed by atoms with Gasteiger partial charge < -0.3 is 15.2 Å². The zero-order chi connectivity index (χ0) is 12.8. The van der Waals surface area contributed by atoms with Crippen molar-refractivity contribution in [3.8, 4) is 5.75 Å². The van der Waals surface area contributed by atoms with Gasteiger partial charge in [-0.3, -0.25) is 9.59 Å². The summed E-state index contributed by atoms with van der Waals surface area (Å²) < 4.78 is 9.94. The molecule has 17 heavy (non-hydrogen) atoms. The van der Waals surface area contributed by atoms with Gasteiger partial charge in [0.25, 0.3) is 0 Å². The average Bonchev–Trinajstić information content (AvgIpc) is 2.35. The van der Waals surface area contributed by atoms with E-state index in [1.165, 1.54) is 13.2 Å². The van der Waals surface area contributed by atoms with E-state index in [0.29, 0.717) is 11.3 Å². The van der Waals surface area contributed by atoms with Gasteiger partial charge in [-0.05, 0) is 25.1 Å². The first-order chi connectivity index (χ1) is 8.04. The lowest BCUT2D eigenvalue weighted by Gasteiger charge is -2.11. The fourth-order valence-corrected chi connectivity index (χ4v) is 1.23. The number of nitrogens with two attached hydrogens (primary N) is 1. The molecule has 1 rings (SSSR count). The standard InChI is InChI=1S/C12H15NO4/c1-8(12(15)16-2)7-17-10-5-3-4-9(6-10)11(13)14/h3-6,8H,7H2,1-2H3,(H2,13,14). The zero-order valence-corrected chi connectivity index (χ0v) is 9.80. The third kappa shape index (κ3) is 3.79. The molecule has 0 aliphatic heterocycles. The van der Waals surface area contributed by atoms with Crippen LogP contribution in [0.15, 0.2) is 24.3 Å². The maximum atomic E-state index is 11.1. The number of benzene rings is 1. The second kappa shape index (κ2) is 5.89. The Morgan fingerprint density at radius 2 is 2.12 bits per heavy atom. The van der Waals surface area contributed by atoms with Gasteiger partial charge in [0.1, 0.15) is 12.4 Å². The van der Waals surface area contributed by atoms with Gasteiger partial charge in [0.2, 0.25) is 5.91 Å². The summed E-state index contributed by atoms with van der Waals surface area (Å²) in [6, 6.07) is 6.49. The van der Waals surface area contributed by atoms with Crippen LogP contribution in [0.2, 0.25) is 0 Å². The molecule has 5 nitrogen and oxygen atoms in total. The molecule has 0 fully saturated rings. The molecular formula is C12H15NO4. The minimum atomic E-state index is -0.517. The molecule has 0 saturated carbocycles. The van der Waals surface area contributed by atoms with Crippen LogP contribution in [0, 0.1) is 5.92 Å². The van der Waals surface area contributed by atoms with E-state index in [1.54, 1.807) is 25.1 Å². The van der Waals surface area contributed by atoms with Crippen LogP contribution in [0.25, 0.3) is 0 Å². The van der Waals surface area contributed by atoms with Crippen molar-refractivity contribution in [2.75, 3.05) is 13.7 Å². The summed E-state index contributed by atoms with van der Waals surface area (Å²) in [4.78, 5) is 22.1. The Labute approximate surface area is 99.5 Å². The monoisotopic (exact) mass is 237 g/mol. The van der Waals surface area contributed by atoms with Gasteiger partial charge in [0.15, 0.2) is 0 Å². The van der Waals surface area contributed by atoms with E-state index < -0.39 is 5.91 Å². The fourth-order valence-electron chi connectivity index (χ4n) is 1.23. The zero-order valence-electron chi connectivity index (χ0n) is 9.80. The van der Waals surface area contributed by atoms with Crippen LogP contribution >= 0.6 is 0 Å². The van der Waals surface area contributed by atoms with Crippen LogP contribution in [-0.4, -0.2) is 25.6 Å². The molecule has 0 aliphatic rings. The fraction of sp³-hybridized carbons (Fsp3) is 0.333. The van der Waals surface area contributed by atoms with Crippen molar-refractivity contribution in [2.24, 2.45) is 11.7 Å². The molecule has 92 valence electrons. The second-order valence-corrected chi connectivity index (χ2v) is 3.63. The first-order valence-electron chi connectivity index (χ1n) is 5.15. The van der Waals surface area contributed by atoms with Crippen molar-refractivity contribution < 1.29 is 19.1 Å². The number of methoxy groups -OCH3 is 1. The number of esters is 1. The highest BCUT2D eigenvalue weighted by Crippen LogP contribution is 2.14. The average molecular weight is 237 g/mol. The van der Waals surface area contributed by atoms with E-state index in [9.17, 15) is 9.59 Å². The number of hydrogen-bond donors (Lipinski definition) is 1. The largest absolute Gasteiger partial charge is 0.493 e. The Morgan fingerprint density at radius 3 is 2.71 bits per heavy atom. The van der Waals surface area contributed by atoms with Gasteiger partial charge in [-0.1, -0.05) is 6.07 Å². The molecule has 1 aromatic rings. The molecule has 2 N–H and O–H groups in total. The van der Waals surface area contributed by atoms with Gasteiger partial charge in [0, 0.05) is 5.56 Å². The Kier molecular flexibility index (Phi) is 4.51. The summed E-state index contributed by atoms with van der Waals surface area (Å²) in [6.45, 7) is 1.89.